The van der Waals surface area contributed by atoms with Gasteiger partial charge in [-0.15, -0.1) is 0 Å². The van der Waals surface area contributed by atoms with Crippen LogP contribution in [-0.2, 0) is 11.3 Å². The van der Waals surface area contributed by atoms with Gasteiger partial charge in [0.1, 0.15) is 17.4 Å². The number of nitrogens with zero attached hydrogens (tertiary/aromatic N) is 1. The van der Waals surface area contributed by atoms with Gasteiger partial charge in [-0.3, -0.25) is 9.59 Å². The van der Waals surface area contributed by atoms with E-state index in [2.05, 4.69) is 15.9 Å². The Morgan fingerprint density at radius 3 is 2.14 bits per heavy atom. The molecule has 1 heterocycles. The van der Waals surface area contributed by atoms with Gasteiger partial charge in [-0.25, -0.2) is 0 Å². The Balaban J connectivity index is 1.50. The molecule has 5 nitrogen and oxygen atoms in total. The number of hydrogen-bond donors (Lipinski definition) is 1. The Hall–Kier alpha value is -3.90. The molecule has 0 spiro atoms. The van der Waals surface area contributed by atoms with Crippen molar-refractivity contribution in [3.8, 4) is 11.5 Å². The molecule has 1 amide bonds. The summed E-state index contributed by atoms with van der Waals surface area (Å²) in [5.41, 5.74) is 2.62. The van der Waals surface area contributed by atoms with Crippen LogP contribution in [0.2, 0.25) is 0 Å². The minimum atomic E-state index is -0.963. The average Bonchev–Trinajstić information content (AvgIpc) is 2.87. The van der Waals surface area contributed by atoms with Gasteiger partial charge in [0, 0.05) is 16.6 Å². The molecule has 0 aliphatic carbocycles. The van der Waals surface area contributed by atoms with Crippen molar-refractivity contribution in [2.24, 2.45) is 0 Å². The van der Waals surface area contributed by atoms with E-state index in [0.717, 1.165) is 21.3 Å². The van der Waals surface area contributed by atoms with Gasteiger partial charge in [0.25, 0.3) is 5.91 Å². The molecule has 35 heavy (non-hydrogen) atoms. The molecule has 4 aromatic carbocycles. The maximum atomic E-state index is 13.6. The molecular weight excluding hydrogens is 506 g/mol. The van der Waals surface area contributed by atoms with Crippen LogP contribution in [0.5, 0.6) is 11.5 Å². The quantitative estimate of drug-likeness (QED) is 0.299. The molecule has 5 rings (SSSR count). The number of hydrogen-bond acceptors (Lipinski definition) is 3. The van der Waals surface area contributed by atoms with Crippen molar-refractivity contribution in [3.63, 3.8) is 0 Å². The van der Waals surface area contributed by atoms with Crippen molar-refractivity contribution < 1.29 is 19.4 Å². The molecule has 1 aliphatic rings. The molecular formula is C29H22BrNO4. The monoisotopic (exact) mass is 527 g/mol. The highest BCUT2D eigenvalue weighted by Crippen LogP contribution is 2.43. The molecule has 2 unspecified atom stereocenters. The van der Waals surface area contributed by atoms with Crippen molar-refractivity contribution >= 4 is 27.8 Å². The molecule has 1 aliphatic heterocycles. The summed E-state index contributed by atoms with van der Waals surface area (Å²) < 4.78 is 6.76. The highest BCUT2D eigenvalue weighted by molar-refractivity contribution is 9.10. The SMILES string of the molecule is O=C(O)C1c2ccccc2C(=O)N(Cc2ccc(Oc3ccccc3)cc2)C1c1ccc(Br)cc1. The van der Waals surface area contributed by atoms with E-state index in [1.165, 1.54) is 0 Å². The van der Waals surface area contributed by atoms with Crippen LogP contribution in [0.1, 0.15) is 39.0 Å². The minimum absolute atomic E-state index is 0.185. The summed E-state index contributed by atoms with van der Waals surface area (Å²) >= 11 is 3.44. The number of benzene rings is 4. The predicted octanol–water partition coefficient (Wildman–Crippen LogP) is 6.81. The lowest BCUT2D eigenvalue weighted by atomic mass is 9.79. The second-order valence-corrected chi connectivity index (χ2v) is 9.31. The number of carboxylic acids is 1. The van der Waals surface area contributed by atoms with Crippen LogP contribution in [0, 0.1) is 0 Å². The summed E-state index contributed by atoms with van der Waals surface area (Å²) in [6, 6.07) is 30.8. The van der Waals surface area contributed by atoms with Crippen molar-refractivity contribution in [1.82, 2.24) is 4.90 Å². The van der Waals surface area contributed by atoms with E-state index in [4.69, 9.17) is 4.74 Å². The molecule has 0 fully saturated rings. The highest BCUT2D eigenvalue weighted by atomic mass is 79.9. The van der Waals surface area contributed by atoms with Gasteiger partial charge in [0.05, 0.1) is 6.04 Å². The van der Waals surface area contributed by atoms with Gasteiger partial charge in [-0.05, 0) is 59.2 Å². The smallest absolute Gasteiger partial charge is 0.313 e. The predicted molar refractivity (Wildman–Crippen MR) is 137 cm³/mol. The van der Waals surface area contributed by atoms with Gasteiger partial charge in [-0.1, -0.05) is 76.6 Å². The third-order valence-electron chi connectivity index (χ3n) is 6.17. The van der Waals surface area contributed by atoms with Gasteiger partial charge < -0.3 is 14.7 Å². The molecule has 0 saturated carbocycles. The lowest BCUT2D eigenvalue weighted by Crippen LogP contribution is -2.44. The van der Waals surface area contributed by atoms with E-state index < -0.39 is 17.9 Å². The van der Waals surface area contributed by atoms with Crippen molar-refractivity contribution in [3.05, 3.63) is 130 Å². The second-order valence-electron chi connectivity index (χ2n) is 8.39. The molecule has 0 bridgehead atoms. The van der Waals surface area contributed by atoms with Gasteiger partial charge in [-0.2, -0.15) is 0 Å². The average molecular weight is 528 g/mol. The normalized spacial score (nSPS) is 17.1. The Morgan fingerprint density at radius 1 is 0.829 bits per heavy atom. The van der Waals surface area contributed by atoms with E-state index in [9.17, 15) is 14.7 Å². The Bertz CT molecular complexity index is 1350. The van der Waals surface area contributed by atoms with Crippen molar-refractivity contribution in [2.45, 2.75) is 18.5 Å². The topological polar surface area (TPSA) is 66.8 Å². The molecule has 2 atom stereocenters. The van der Waals surface area contributed by atoms with Crippen LogP contribution >= 0.6 is 15.9 Å². The van der Waals surface area contributed by atoms with Crippen LogP contribution < -0.4 is 4.74 Å². The number of carboxylic acid groups (broad SMARTS) is 1. The van der Waals surface area contributed by atoms with E-state index in [-0.39, 0.29) is 12.5 Å². The summed E-state index contributed by atoms with van der Waals surface area (Å²) in [5.74, 6) is -0.610. The first-order valence-corrected chi connectivity index (χ1v) is 12.0. The molecule has 0 saturated heterocycles. The molecule has 0 radical (unpaired) electrons. The molecule has 1 N–H and O–H groups in total. The van der Waals surface area contributed by atoms with Crippen molar-refractivity contribution in [2.75, 3.05) is 0 Å². The Morgan fingerprint density at radius 2 is 1.46 bits per heavy atom. The standard InChI is InChI=1S/C29H22BrNO4/c30-21-14-12-20(13-15-21)27-26(29(33)34)24-8-4-5-9-25(24)28(32)31(27)18-19-10-16-23(17-11-19)35-22-6-2-1-3-7-22/h1-17,26-27H,18H2,(H,33,34). The van der Waals surface area contributed by atoms with Crippen molar-refractivity contribution in [1.29, 1.82) is 0 Å². The van der Waals surface area contributed by atoms with Gasteiger partial charge in [0.15, 0.2) is 0 Å². The van der Waals surface area contributed by atoms with E-state index in [1.54, 1.807) is 29.2 Å². The summed E-state index contributed by atoms with van der Waals surface area (Å²) in [5, 5.41) is 10.3. The largest absolute Gasteiger partial charge is 0.481 e. The van der Waals surface area contributed by atoms with Gasteiger partial charge >= 0.3 is 5.97 Å². The highest BCUT2D eigenvalue weighted by Gasteiger charge is 2.44. The molecule has 4 aromatic rings. The number of carbonyl (C=O) groups is 2. The van der Waals surface area contributed by atoms with E-state index >= 15 is 0 Å². The lowest BCUT2D eigenvalue weighted by molar-refractivity contribution is -0.140. The summed E-state index contributed by atoms with van der Waals surface area (Å²) in [7, 11) is 0. The first-order valence-electron chi connectivity index (χ1n) is 11.2. The second kappa shape index (κ2) is 9.76. The number of fused-ring (bicyclic) bond motifs is 1. The number of carbonyl (C=O) groups excluding carboxylic acids is 1. The summed E-state index contributed by atoms with van der Waals surface area (Å²) in [6.07, 6.45) is 0. The number of amides is 1. The molecule has 6 heteroatoms. The van der Waals surface area contributed by atoms with Crippen LogP contribution in [0.3, 0.4) is 0 Å². The summed E-state index contributed by atoms with van der Waals surface area (Å²) in [4.78, 5) is 27.8. The number of rotatable bonds is 6. The van der Waals surface area contributed by atoms with Crippen LogP contribution in [0.15, 0.2) is 108 Å². The summed E-state index contributed by atoms with van der Waals surface area (Å²) in [6.45, 7) is 0.267. The number of aliphatic carboxylic acids is 1. The van der Waals surface area contributed by atoms with Crippen LogP contribution in [0.25, 0.3) is 0 Å². The third kappa shape index (κ3) is 4.70. The van der Waals surface area contributed by atoms with Gasteiger partial charge in [0.2, 0.25) is 0 Å². The number of ether oxygens (including phenoxy) is 1. The van der Waals surface area contributed by atoms with E-state index in [1.807, 2.05) is 78.9 Å². The van der Waals surface area contributed by atoms with E-state index in [0.29, 0.717) is 16.9 Å². The zero-order valence-corrected chi connectivity index (χ0v) is 20.3. The third-order valence-corrected chi connectivity index (χ3v) is 6.70. The van der Waals surface area contributed by atoms with Crippen LogP contribution in [-0.4, -0.2) is 21.9 Å². The lowest BCUT2D eigenvalue weighted by Gasteiger charge is -2.41. The fourth-order valence-corrected chi connectivity index (χ4v) is 4.81. The number of para-hydroxylation sites is 1. The minimum Gasteiger partial charge on any atom is -0.481 e. The fraction of sp³-hybridized carbons (Fsp3) is 0.103. The zero-order chi connectivity index (χ0) is 24.4. The zero-order valence-electron chi connectivity index (χ0n) is 18.7. The molecule has 0 aromatic heterocycles. The molecule has 174 valence electrons. The maximum Gasteiger partial charge on any atom is 0.313 e. The fourth-order valence-electron chi connectivity index (χ4n) is 4.55. The number of halogens is 1. The maximum absolute atomic E-state index is 13.6. The first kappa shape index (κ1) is 22.9. The Labute approximate surface area is 211 Å². The van der Waals surface area contributed by atoms with Crippen LogP contribution in [0.4, 0.5) is 0 Å². The Kier molecular flexibility index (Phi) is 6.38. The first-order chi connectivity index (χ1) is 17.0.